The van der Waals surface area contributed by atoms with Crippen LogP contribution in [0.1, 0.15) is 51.9 Å². The Labute approximate surface area is 108 Å². The number of hydrazine groups is 1. The first-order valence-corrected chi connectivity index (χ1v) is 7.53. The minimum atomic E-state index is 0.0652. The highest BCUT2D eigenvalue weighted by atomic mass is 32.2. The van der Waals surface area contributed by atoms with Gasteiger partial charge in [0.05, 0.1) is 0 Å². The molecule has 98 valence electrons. The van der Waals surface area contributed by atoms with E-state index in [9.17, 15) is 4.79 Å². The first kappa shape index (κ1) is 14.4. The van der Waals surface area contributed by atoms with Crippen LogP contribution in [0.2, 0.25) is 0 Å². The lowest BCUT2D eigenvalue weighted by Gasteiger charge is -2.13. The predicted octanol–water partition coefficient (Wildman–Crippen LogP) is 2.46. The highest BCUT2D eigenvalue weighted by Gasteiger charge is 2.06. The molecule has 4 nitrogen and oxygen atoms in total. The van der Waals surface area contributed by atoms with Crippen molar-refractivity contribution < 1.29 is 4.79 Å². The van der Waals surface area contributed by atoms with Crippen LogP contribution in [-0.2, 0) is 4.79 Å². The number of hydrogen-bond donors (Lipinski definition) is 2. The second kappa shape index (κ2) is 9.33. The maximum absolute atomic E-state index is 11.5. The first-order chi connectivity index (χ1) is 8.33. The van der Waals surface area contributed by atoms with Gasteiger partial charge >= 0.3 is 0 Å². The quantitative estimate of drug-likeness (QED) is 0.568. The van der Waals surface area contributed by atoms with E-state index in [0.717, 1.165) is 36.7 Å². The van der Waals surface area contributed by atoms with Crippen molar-refractivity contribution in [2.24, 2.45) is 4.99 Å². The van der Waals surface area contributed by atoms with E-state index in [0.29, 0.717) is 6.42 Å². The summed E-state index contributed by atoms with van der Waals surface area (Å²) in [6, 6.07) is 0. The van der Waals surface area contributed by atoms with E-state index in [1.54, 1.807) is 11.8 Å². The van der Waals surface area contributed by atoms with Crippen LogP contribution in [0.5, 0.6) is 0 Å². The number of amidine groups is 1. The van der Waals surface area contributed by atoms with Crippen LogP contribution >= 0.6 is 11.8 Å². The molecule has 0 aromatic rings. The first-order valence-electron chi connectivity index (χ1n) is 6.55. The van der Waals surface area contributed by atoms with Gasteiger partial charge in [-0.15, -0.1) is 0 Å². The molecule has 0 spiro atoms. The third-order valence-corrected chi connectivity index (χ3v) is 3.61. The molecule has 0 aromatic carbocycles. The number of nitrogens with one attached hydrogen (secondary N) is 2. The van der Waals surface area contributed by atoms with Gasteiger partial charge in [0.25, 0.3) is 0 Å². The monoisotopic (exact) mass is 257 g/mol. The van der Waals surface area contributed by atoms with Gasteiger partial charge in [0.15, 0.2) is 5.17 Å². The number of carbonyl (C=O) groups is 1. The lowest BCUT2D eigenvalue weighted by Crippen LogP contribution is -2.41. The molecule has 0 unspecified atom stereocenters. The van der Waals surface area contributed by atoms with Gasteiger partial charge < -0.3 is 0 Å². The second-order valence-electron chi connectivity index (χ2n) is 4.23. The van der Waals surface area contributed by atoms with Crippen LogP contribution in [0.3, 0.4) is 0 Å². The van der Waals surface area contributed by atoms with Crippen molar-refractivity contribution in [2.75, 3.05) is 12.3 Å². The third-order valence-electron chi connectivity index (χ3n) is 2.61. The maximum atomic E-state index is 11.5. The van der Waals surface area contributed by atoms with Crippen molar-refractivity contribution in [3.63, 3.8) is 0 Å². The van der Waals surface area contributed by atoms with E-state index in [-0.39, 0.29) is 5.91 Å². The van der Waals surface area contributed by atoms with Crippen molar-refractivity contribution in [3.05, 3.63) is 0 Å². The molecule has 0 aliphatic carbocycles. The number of thioether (sulfide) groups is 1. The number of hydrogen-bond acceptors (Lipinski definition) is 4. The molecule has 0 bridgehead atoms. The van der Waals surface area contributed by atoms with Crippen LogP contribution in [0.4, 0.5) is 0 Å². The van der Waals surface area contributed by atoms with Gasteiger partial charge in [0.1, 0.15) is 0 Å². The van der Waals surface area contributed by atoms with Crippen LogP contribution in [-0.4, -0.2) is 23.4 Å². The van der Waals surface area contributed by atoms with Crippen LogP contribution < -0.4 is 10.9 Å². The summed E-state index contributed by atoms with van der Waals surface area (Å²) < 4.78 is 0. The fraction of sp³-hybridized carbons (Fsp3) is 0.833. The van der Waals surface area contributed by atoms with Crippen molar-refractivity contribution >= 4 is 22.8 Å². The lowest BCUT2D eigenvalue weighted by molar-refractivity contribution is -0.121. The van der Waals surface area contributed by atoms with E-state index in [1.807, 2.05) is 0 Å². The smallest absolute Gasteiger partial charge is 0.238 e. The van der Waals surface area contributed by atoms with Crippen molar-refractivity contribution in [3.8, 4) is 0 Å². The molecule has 0 fully saturated rings. The number of amides is 1. The molecule has 5 heteroatoms. The van der Waals surface area contributed by atoms with Gasteiger partial charge in [-0.3, -0.25) is 20.6 Å². The third kappa shape index (κ3) is 7.26. The molecule has 1 aliphatic heterocycles. The summed E-state index contributed by atoms with van der Waals surface area (Å²) >= 11 is 1.66. The summed E-state index contributed by atoms with van der Waals surface area (Å²) in [7, 11) is 0. The van der Waals surface area contributed by atoms with E-state index < -0.39 is 0 Å². The summed E-state index contributed by atoms with van der Waals surface area (Å²) in [4.78, 5) is 15.8. The van der Waals surface area contributed by atoms with Gasteiger partial charge in [-0.25, -0.2) is 0 Å². The molecule has 1 aliphatic rings. The molecule has 1 heterocycles. The SMILES string of the molecule is CCCCCCCC(=O)NNC1=NCCCS1. The molecule has 1 rings (SSSR count). The Hall–Kier alpha value is -0.710. The van der Waals surface area contributed by atoms with Crippen molar-refractivity contribution in [2.45, 2.75) is 51.9 Å². The Morgan fingerprint density at radius 1 is 1.35 bits per heavy atom. The molecular weight excluding hydrogens is 234 g/mol. The molecule has 1 amide bonds. The zero-order valence-corrected chi connectivity index (χ0v) is 11.4. The second-order valence-corrected chi connectivity index (χ2v) is 5.31. The summed E-state index contributed by atoms with van der Waals surface area (Å²) in [6.07, 6.45) is 7.61. The number of nitrogens with zero attached hydrogens (tertiary/aromatic N) is 1. The van der Waals surface area contributed by atoms with Gasteiger partial charge in [0, 0.05) is 18.7 Å². The average molecular weight is 257 g/mol. The van der Waals surface area contributed by atoms with Crippen molar-refractivity contribution in [1.82, 2.24) is 10.9 Å². The summed E-state index contributed by atoms with van der Waals surface area (Å²) in [5.41, 5.74) is 5.59. The Kier molecular flexibility index (Phi) is 7.88. The average Bonchev–Trinajstić information content (AvgIpc) is 2.37. The topological polar surface area (TPSA) is 53.5 Å². The fourth-order valence-electron chi connectivity index (χ4n) is 1.61. The molecule has 0 radical (unpaired) electrons. The number of unbranched alkanes of at least 4 members (excludes halogenated alkanes) is 4. The fourth-order valence-corrected chi connectivity index (χ4v) is 2.38. The van der Waals surface area contributed by atoms with Crippen LogP contribution in [0.15, 0.2) is 4.99 Å². The molecule has 0 aromatic heterocycles. The zero-order chi connectivity index (χ0) is 12.3. The molecule has 0 atom stereocenters. The number of carbonyl (C=O) groups excluding carboxylic acids is 1. The van der Waals surface area contributed by atoms with Crippen molar-refractivity contribution in [1.29, 1.82) is 0 Å². The Bertz CT molecular complexity index is 256. The highest BCUT2D eigenvalue weighted by molar-refractivity contribution is 8.13. The zero-order valence-electron chi connectivity index (χ0n) is 10.6. The standard InChI is InChI=1S/C12H23N3OS/c1-2-3-4-5-6-8-11(16)14-15-12-13-9-7-10-17-12/h2-10H2,1H3,(H,13,15)(H,14,16). The Morgan fingerprint density at radius 3 is 2.88 bits per heavy atom. The largest absolute Gasteiger partial charge is 0.277 e. The van der Waals surface area contributed by atoms with Crippen LogP contribution in [0, 0.1) is 0 Å². The summed E-state index contributed by atoms with van der Waals surface area (Å²) in [5, 5.41) is 0.843. The Morgan fingerprint density at radius 2 is 2.18 bits per heavy atom. The van der Waals surface area contributed by atoms with E-state index in [1.165, 1.54) is 19.3 Å². The number of aliphatic imine (C=N–C) groups is 1. The van der Waals surface area contributed by atoms with E-state index >= 15 is 0 Å². The van der Waals surface area contributed by atoms with Gasteiger partial charge in [0.2, 0.25) is 5.91 Å². The van der Waals surface area contributed by atoms with Gasteiger partial charge in [-0.1, -0.05) is 44.4 Å². The van der Waals surface area contributed by atoms with Gasteiger partial charge in [-0.05, 0) is 12.8 Å². The Balaban J connectivity index is 1.99. The van der Waals surface area contributed by atoms with E-state index in [2.05, 4.69) is 22.8 Å². The van der Waals surface area contributed by atoms with E-state index in [4.69, 9.17) is 0 Å². The summed E-state index contributed by atoms with van der Waals surface area (Å²) in [5.74, 6) is 1.15. The molecular formula is C12H23N3OS. The number of rotatable bonds is 6. The van der Waals surface area contributed by atoms with Gasteiger partial charge in [-0.2, -0.15) is 0 Å². The maximum Gasteiger partial charge on any atom is 0.238 e. The minimum absolute atomic E-state index is 0.0652. The highest BCUT2D eigenvalue weighted by Crippen LogP contribution is 2.09. The molecule has 17 heavy (non-hydrogen) atoms. The molecule has 0 saturated carbocycles. The normalized spacial score (nSPS) is 15.2. The molecule has 0 saturated heterocycles. The molecule has 2 N–H and O–H groups in total. The van der Waals surface area contributed by atoms with Crippen LogP contribution in [0.25, 0.3) is 0 Å². The minimum Gasteiger partial charge on any atom is -0.277 e. The predicted molar refractivity (Wildman–Crippen MR) is 74.0 cm³/mol. The summed E-state index contributed by atoms with van der Waals surface area (Å²) in [6.45, 7) is 3.06. The lowest BCUT2D eigenvalue weighted by atomic mass is 10.1.